The van der Waals surface area contributed by atoms with E-state index in [0.717, 1.165) is 0 Å². The summed E-state index contributed by atoms with van der Waals surface area (Å²) < 4.78 is 4.90. The van der Waals surface area contributed by atoms with Gasteiger partial charge in [-0.2, -0.15) is 0 Å². The van der Waals surface area contributed by atoms with Crippen LogP contribution in [-0.2, 0) is 14.3 Å². The molecule has 0 spiro atoms. The number of allylic oxidation sites excluding steroid dienone is 1. The Morgan fingerprint density at radius 1 is 1.36 bits per heavy atom. The number of hydrogen-bond donors (Lipinski definition) is 0. The van der Waals surface area contributed by atoms with E-state index in [1.165, 1.54) is 6.92 Å². The van der Waals surface area contributed by atoms with Gasteiger partial charge in [0.2, 0.25) is 0 Å². The first-order valence-corrected chi connectivity index (χ1v) is 4.47. The lowest BCUT2D eigenvalue weighted by atomic mass is 10.1. The molecule has 0 aromatic rings. The van der Waals surface area contributed by atoms with E-state index in [-0.39, 0.29) is 18.4 Å². The monoisotopic (exact) mass is 196 g/mol. The summed E-state index contributed by atoms with van der Waals surface area (Å²) in [4.78, 5) is 21.9. The number of hydrogen-bond acceptors (Lipinski definition) is 3. The smallest absolute Gasteiger partial charge is 0.333 e. The summed E-state index contributed by atoms with van der Waals surface area (Å²) in [6, 6.07) is 0. The molecule has 3 heteroatoms. The van der Waals surface area contributed by atoms with Crippen molar-refractivity contribution in [1.82, 2.24) is 0 Å². The van der Waals surface area contributed by atoms with Gasteiger partial charge < -0.3 is 4.74 Å². The fourth-order valence-electron chi connectivity index (χ4n) is 0.675. The molecule has 0 radical (unpaired) electrons. The standard InChI is InChI=1S/C11H16O3/c1-5-8(2)11(13)14-7-6-9(3)10(4)12/h5H,3,6-7H2,1-2,4H3. The van der Waals surface area contributed by atoms with Crippen molar-refractivity contribution in [2.24, 2.45) is 0 Å². The fourth-order valence-corrected chi connectivity index (χ4v) is 0.675. The average molecular weight is 196 g/mol. The Labute approximate surface area is 84.4 Å². The minimum atomic E-state index is -0.344. The minimum Gasteiger partial charge on any atom is -0.462 e. The average Bonchev–Trinajstić information content (AvgIpc) is 2.15. The van der Waals surface area contributed by atoms with E-state index in [2.05, 4.69) is 6.58 Å². The van der Waals surface area contributed by atoms with Crippen LogP contribution in [0.3, 0.4) is 0 Å². The van der Waals surface area contributed by atoms with Gasteiger partial charge in [-0.25, -0.2) is 4.79 Å². The summed E-state index contributed by atoms with van der Waals surface area (Å²) in [7, 11) is 0. The van der Waals surface area contributed by atoms with Crippen molar-refractivity contribution in [3.8, 4) is 0 Å². The molecule has 0 bridgehead atoms. The van der Waals surface area contributed by atoms with Gasteiger partial charge in [0.1, 0.15) is 0 Å². The third kappa shape index (κ3) is 4.60. The third-order valence-electron chi connectivity index (χ3n) is 1.89. The highest BCUT2D eigenvalue weighted by Gasteiger charge is 2.05. The van der Waals surface area contributed by atoms with Crippen LogP contribution in [0.1, 0.15) is 27.2 Å². The summed E-state index contributed by atoms with van der Waals surface area (Å²) in [6.07, 6.45) is 2.08. The van der Waals surface area contributed by atoms with Crippen LogP contribution in [0, 0.1) is 0 Å². The fraction of sp³-hybridized carbons (Fsp3) is 0.455. The zero-order chi connectivity index (χ0) is 11.1. The molecule has 0 fully saturated rings. The third-order valence-corrected chi connectivity index (χ3v) is 1.89. The first-order chi connectivity index (χ1) is 6.49. The van der Waals surface area contributed by atoms with Crippen LogP contribution in [0.25, 0.3) is 0 Å². The van der Waals surface area contributed by atoms with Gasteiger partial charge in [-0.1, -0.05) is 12.7 Å². The van der Waals surface area contributed by atoms with E-state index in [4.69, 9.17) is 4.74 Å². The van der Waals surface area contributed by atoms with Crippen molar-refractivity contribution in [2.45, 2.75) is 27.2 Å². The van der Waals surface area contributed by atoms with E-state index in [9.17, 15) is 9.59 Å². The molecule has 0 aliphatic heterocycles. The highest BCUT2D eigenvalue weighted by molar-refractivity contribution is 5.92. The molecule has 0 heterocycles. The molecular formula is C11H16O3. The van der Waals surface area contributed by atoms with Gasteiger partial charge in [0.05, 0.1) is 6.61 Å². The summed E-state index contributed by atoms with van der Waals surface area (Å²) >= 11 is 0. The Morgan fingerprint density at radius 3 is 2.36 bits per heavy atom. The van der Waals surface area contributed by atoms with Gasteiger partial charge in [0.25, 0.3) is 0 Å². The summed E-state index contributed by atoms with van der Waals surface area (Å²) in [5, 5.41) is 0. The molecule has 3 nitrogen and oxygen atoms in total. The summed E-state index contributed by atoms with van der Waals surface area (Å²) in [5.74, 6) is -0.410. The molecule has 0 unspecified atom stereocenters. The highest BCUT2D eigenvalue weighted by atomic mass is 16.5. The largest absolute Gasteiger partial charge is 0.462 e. The van der Waals surface area contributed by atoms with E-state index < -0.39 is 0 Å². The number of carbonyl (C=O) groups is 2. The molecule has 0 atom stereocenters. The number of ketones is 1. The van der Waals surface area contributed by atoms with E-state index in [1.807, 2.05) is 0 Å². The predicted octanol–water partition coefficient (Wildman–Crippen LogP) is 2.03. The SMILES string of the molecule is C=C(CCOC(=O)C(C)=CC)C(C)=O. The molecule has 0 aliphatic rings. The molecule has 0 N–H and O–H groups in total. The molecule has 0 amide bonds. The molecule has 0 saturated carbocycles. The zero-order valence-electron chi connectivity index (χ0n) is 8.92. The Kier molecular flexibility index (Phi) is 5.53. The van der Waals surface area contributed by atoms with E-state index >= 15 is 0 Å². The van der Waals surface area contributed by atoms with Gasteiger partial charge in [0.15, 0.2) is 5.78 Å². The number of esters is 1. The second kappa shape index (κ2) is 6.13. The molecule has 0 aromatic heterocycles. The van der Waals surface area contributed by atoms with Crippen LogP contribution in [-0.4, -0.2) is 18.4 Å². The first-order valence-electron chi connectivity index (χ1n) is 4.47. The van der Waals surface area contributed by atoms with Gasteiger partial charge in [-0.15, -0.1) is 0 Å². The second-order valence-electron chi connectivity index (χ2n) is 3.02. The maximum atomic E-state index is 11.1. The number of Topliss-reactive ketones (excluding diaryl/α,β-unsaturated/α-hetero) is 1. The molecule has 0 saturated heterocycles. The molecule has 0 rings (SSSR count). The number of rotatable bonds is 5. The molecule has 0 aromatic carbocycles. The Balaban J connectivity index is 3.81. The Bertz CT molecular complexity index is 274. The lowest BCUT2D eigenvalue weighted by Crippen LogP contribution is -2.08. The van der Waals surface area contributed by atoms with Crippen LogP contribution >= 0.6 is 0 Å². The Morgan fingerprint density at radius 2 is 1.93 bits per heavy atom. The lowest BCUT2D eigenvalue weighted by Gasteiger charge is -2.04. The van der Waals surface area contributed by atoms with E-state index in [0.29, 0.717) is 17.6 Å². The number of carbonyl (C=O) groups excluding carboxylic acids is 2. The minimum absolute atomic E-state index is 0.0659. The molecular weight excluding hydrogens is 180 g/mol. The molecule has 78 valence electrons. The topological polar surface area (TPSA) is 43.4 Å². The van der Waals surface area contributed by atoms with Crippen LogP contribution in [0.15, 0.2) is 23.8 Å². The lowest BCUT2D eigenvalue weighted by molar-refractivity contribution is -0.139. The first kappa shape index (κ1) is 12.6. The van der Waals surface area contributed by atoms with Crippen molar-refractivity contribution in [1.29, 1.82) is 0 Å². The van der Waals surface area contributed by atoms with Gasteiger partial charge in [-0.05, 0) is 26.3 Å². The van der Waals surface area contributed by atoms with Gasteiger partial charge in [0, 0.05) is 12.0 Å². The zero-order valence-corrected chi connectivity index (χ0v) is 8.92. The maximum absolute atomic E-state index is 11.1. The quantitative estimate of drug-likeness (QED) is 0.499. The van der Waals surface area contributed by atoms with Crippen molar-refractivity contribution in [2.75, 3.05) is 6.61 Å². The van der Waals surface area contributed by atoms with Crippen molar-refractivity contribution < 1.29 is 14.3 Å². The maximum Gasteiger partial charge on any atom is 0.333 e. The van der Waals surface area contributed by atoms with Crippen LogP contribution in [0.5, 0.6) is 0 Å². The van der Waals surface area contributed by atoms with Crippen molar-refractivity contribution in [3.63, 3.8) is 0 Å². The molecule has 14 heavy (non-hydrogen) atoms. The van der Waals surface area contributed by atoms with Gasteiger partial charge >= 0.3 is 5.97 Å². The van der Waals surface area contributed by atoms with Crippen LogP contribution in [0.2, 0.25) is 0 Å². The predicted molar refractivity (Wildman–Crippen MR) is 54.8 cm³/mol. The van der Waals surface area contributed by atoms with Crippen molar-refractivity contribution in [3.05, 3.63) is 23.8 Å². The van der Waals surface area contributed by atoms with Crippen molar-refractivity contribution >= 4 is 11.8 Å². The summed E-state index contributed by atoms with van der Waals surface area (Å²) in [5.41, 5.74) is 1.05. The summed E-state index contributed by atoms with van der Waals surface area (Å²) in [6.45, 7) is 8.67. The van der Waals surface area contributed by atoms with Crippen LogP contribution < -0.4 is 0 Å². The Hall–Kier alpha value is -1.38. The molecule has 0 aliphatic carbocycles. The van der Waals surface area contributed by atoms with E-state index in [1.54, 1.807) is 19.9 Å². The normalized spacial score (nSPS) is 10.9. The van der Waals surface area contributed by atoms with Crippen LogP contribution in [0.4, 0.5) is 0 Å². The second-order valence-corrected chi connectivity index (χ2v) is 3.02. The highest BCUT2D eigenvalue weighted by Crippen LogP contribution is 2.02. The number of ether oxygens (including phenoxy) is 1. The van der Waals surface area contributed by atoms with Gasteiger partial charge in [-0.3, -0.25) is 4.79 Å².